The fourth-order valence-corrected chi connectivity index (χ4v) is 2.00. The summed E-state index contributed by atoms with van der Waals surface area (Å²) < 4.78 is 0. The van der Waals surface area contributed by atoms with E-state index in [9.17, 15) is 4.79 Å². The third kappa shape index (κ3) is 2.95. The fraction of sp³-hybridized carbons (Fsp3) is 0.417. The number of nitrogens with zero attached hydrogens (tertiary/aromatic N) is 2. The number of thiophene rings is 1. The zero-order valence-electron chi connectivity index (χ0n) is 10.7. The highest BCUT2D eigenvalue weighted by atomic mass is 32.1. The molecule has 6 heteroatoms. The number of rotatable bonds is 3. The van der Waals surface area contributed by atoms with Crippen molar-refractivity contribution in [1.82, 2.24) is 20.5 Å². The lowest BCUT2D eigenvalue weighted by Gasteiger charge is -2.12. The van der Waals surface area contributed by atoms with Crippen LogP contribution in [0.2, 0.25) is 0 Å². The van der Waals surface area contributed by atoms with Gasteiger partial charge in [-0.2, -0.15) is 0 Å². The van der Waals surface area contributed by atoms with Gasteiger partial charge in [-0.25, -0.2) is 4.98 Å². The van der Waals surface area contributed by atoms with E-state index < -0.39 is 0 Å². The van der Waals surface area contributed by atoms with Crippen molar-refractivity contribution in [2.24, 2.45) is 0 Å². The molecular formula is C12H16N4OS. The van der Waals surface area contributed by atoms with Crippen molar-refractivity contribution in [1.29, 1.82) is 0 Å². The first kappa shape index (κ1) is 12.8. The van der Waals surface area contributed by atoms with Gasteiger partial charge in [0.15, 0.2) is 0 Å². The number of carbonyl (C=O) groups is 1. The molecule has 5 nitrogen and oxygen atoms in total. The zero-order chi connectivity index (χ0) is 13.2. The third-order valence-electron chi connectivity index (χ3n) is 2.40. The summed E-state index contributed by atoms with van der Waals surface area (Å²) in [4.78, 5) is 17.1. The molecule has 0 aliphatic rings. The topological polar surface area (TPSA) is 70.7 Å². The molecular weight excluding hydrogens is 248 g/mol. The second kappa shape index (κ2) is 4.89. The van der Waals surface area contributed by atoms with Gasteiger partial charge in [0.1, 0.15) is 5.82 Å². The normalized spacial score (nSPS) is 11.5. The Labute approximate surface area is 110 Å². The standard InChI is InChI=1S/C12H16N4OS/c1-12(2,3)11-14-9(15-16-11)10(17)13-7-8-5-4-6-18-8/h4-6H,7H2,1-3H3,(H,13,17)(H,14,15,16). The van der Waals surface area contributed by atoms with Crippen molar-refractivity contribution in [3.63, 3.8) is 0 Å². The Hall–Kier alpha value is -1.69. The van der Waals surface area contributed by atoms with Crippen LogP contribution >= 0.6 is 11.3 Å². The van der Waals surface area contributed by atoms with Crippen molar-refractivity contribution in [3.8, 4) is 0 Å². The number of amides is 1. The van der Waals surface area contributed by atoms with Gasteiger partial charge in [-0.3, -0.25) is 9.89 Å². The third-order valence-corrected chi connectivity index (χ3v) is 3.28. The summed E-state index contributed by atoms with van der Waals surface area (Å²) in [6, 6.07) is 3.93. The maximum absolute atomic E-state index is 11.8. The van der Waals surface area contributed by atoms with Crippen LogP contribution in [-0.2, 0) is 12.0 Å². The van der Waals surface area contributed by atoms with Crippen LogP contribution in [0.1, 0.15) is 42.1 Å². The van der Waals surface area contributed by atoms with Gasteiger partial charge in [-0.1, -0.05) is 26.8 Å². The predicted molar refractivity (Wildman–Crippen MR) is 70.6 cm³/mol. The lowest BCUT2D eigenvalue weighted by atomic mass is 9.96. The maximum Gasteiger partial charge on any atom is 0.291 e. The molecule has 0 aliphatic carbocycles. The monoisotopic (exact) mass is 264 g/mol. The summed E-state index contributed by atoms with van der Waals surface area (Å²) in [5.41, 5.74) is -0.140. The summed E-state index contributed by atoms with van der Waals surface area (Å²) in [6.45, 7) is 6.55. The molecule has 2 heterocycles. The SMILES string of the molecule is CC(C)(C)c1nc(C(=O)NCc2cccs2)n[nH]1. The molecule has 0 bridgehead atoms. The quantitative estimate of drug-likeness (QED) is 0.891. The average molecular weight is 264 g/mol. The largest absolute Gasteiger partial charge is 0.344 e. The zero-order valence-corrected chi connectivity index (χ0v) is 11.5. The number of hydrogen-bond acceptors (Lipinski definition) is 4. The number of aromatic nitrogens is 3. The van der Waals surface area contributed by atoms with Crippen LogP contribution in [0.15, 0.2) is 17.5 Å². The van der Waals surface area contributed by atoms with Crippen LogP contribution in [0, 0.1) is 0 Å². The number of carbonyl (C=O) groups excluding carboxylic acids is 1. The molecule has 0 spiro atoms. The summed E-state index contributed by atoms with van der Waals surface area (Å²) in [6.07, 6.45) is 0. The maximum atomic E-state index is 11.8. The van der Waals surface area contributed by atoms with Crippen molar-refractivity contribution >= 4 is 17.2 Å². The van der Waals surface area contributed by atoms with E-state index in [0.717, 1.165) is 4.88 Å². The minimum atomic E-state index is -0.254. The van der Waals surface area contributed by atoms with Crippen LogP contribution in [0.25, 0.3) is 0 Å². The first-order chi connectivity index (χ1) is 8.47. The Morgan fingerprint density at radius 1 is 1.50 bits per heavy atom. The Bertz CT molecular complexity index is 525. The van der Waals surface area contributed by atoms with E-state index in [2.05, 4.69) is 20.5 Å². The van der Waals surface area contributed by atoms with Crippen molar-refractivity contribution < 1.29 is 4.79 Å². The second-order valence-corrected chi connectivity index (χ2v) is 6.05. The second-order valence-electron chi connectivity index (χ2n) is 5.02. The van der Waals surface area contributed by atoms with Crippen molar-refractivity contribution in [3.05, 3.63) is 34.0 Å². The molecule has 0 fully saturated rings. The van der Waals surface area contributed by atoms with Crippen molar-refractivity contribution in [2.45, 2.75) is 32.7 Å². The fourth-order valence-electron chi connectivity index (χ4n) is 1.36. The molecule has 2 aromatic rings. The number of hydrogen-bond donors (Lipinski definition) is 2. The van der Waals surface area contributed by atoms with Crippen LogP contribution in [0.5, 0.6) is 0 Å². The molecule has 0 aromatic carbocycles. The van der Waals surface area contributed by atoms with Crippen molar-refractivity contribution in [2.75, 3.05) is 0 Å². The van der Waals surface area contributed by atoms with Gasteiger partial charge in [-0.05, 0) is 11.4 Å². The smallest absolute Gasteiger partial charge is 0.291 e. The molecule has 2 aromatic heterocycles. The highest BCUT2D eigenvalue weighted by Gasteiger charge is 2.21. The summed E-state index contributed by atoms with van der Waals surface area (Å²) >= 11 is 1.61. The Morgan fingerprint density at radius 2 is 2.28 bits per heavy atom. The van der Waals surface area contributed by atoms with E-state index in [0.29, 0.717) is 12.4 Å². The van der Waals surface area contributed by atoms with E-state index in [1.807, 2.05) is 38.3 Å². The van der Waals surface area contributed by atoms with Gasteiger partial charge in [0.25, 0.3) is 5.91 Å². The molecule has 0 atom stereocenters. The summed E-state index contributed by atoms with van der Waals surface area (Å²) in [7, 11) is 0. The van der Waals surface area contributed by atoms with E-state index in [1.54, 1.807) is 11.3 Å². The molecule has 18 heavy (non-hydrogen) atoms. The van der Waals surface area contributed by atoms with Crippen LogP contribution in [-0.4, -0.2) is 21.1 Å². The number of nitrogens with one attached hydrogen (secondary N) is 2. The average Bonchev–Trinajstić information content (AvgIpc) is 2.96. The van der Waals surface area contributed by atoms with Crippen LogP contribution < -0.4 is 5.32 Å². The first-order valence-electron chi connectivity index (χ1n) is 5.70. The Balaban J connectivity index is 1.99. The summed E-state index contributed by atoms with van der Waals surface area (Å²) in [5.74, 6) is 0.649. The number of H-pyrrole nitrogens is 1. The van der Waals surface area contributed by atoms with E-state index in [4.69, 9.17) is 0 Å². The van der Waals surface area contributed by atoms with Crippen LogP contribution in [0.3, 0.4) is 0 Å². The van der Waals surface area contributed by atoms with Crippen LogP contribution in [0.4, 0.5) is 0 Å². The molecule has 0 unspecified atom stereocenters. The Morgan fingerprint density at radius 3 is 2.83 bits per heavy atom. The van der Waals surface area contributed by atoms with Gasteiger partial charge in [0, 0.05) is 10.3 Å². The van der Waals surface area contributed by atoms with Gasteiger partial charge < -0.3 is 5.32 Å². The predicted octanol–water partition coefficient (Wildman–Crippen LogP) is 2.09. The molecule has 0 saturated heterocycles. The molecule has 1 amide bonds. The van der Waals surface area contributed by atoms with E-state index >= 15 is 0 Å². The molecule has 96 valence electrons. The molecule has 0 aliphatic heterocycles. The lowest BCUT2D eigenvalue weighted by molar-refractivity contribution is 0.0941. The lowest BCUT2D eigenvalue weighted by Crippen LogP contribution is -2.23. The van der Waals surface area contributed by atoms with Gasteiger partial charge in [0.2, 0.25) is 5.82 Å². The minimum absolute atomic E-state index is 0.140. The highest BCUT2D eigenvalue weighted by molar-refractivity contribution is 7.09. The molecule has 0 radical (unpaired) electrons. The molecule has 2 rings (SSSR count). The Kier molecular flexibility index (Phi) is 3.47. The first-order valence-corrected chi connectivity index (χ1v) is 6.58. The van der Waals surface area contributed by atoms with Gasteiger partial charge >= 0.3 is 0 Å². The minimum Gasteiger partial charge on any atom is -0.344 e. The molecule has 2 N–H and O–H groups in total. The van der Waals surface area contributed by atoms with Gasteiger partial charge in [0.05, 0.1) is 6.54 Å². The van der Waals surface area contributed by atoms with Gasteiger partial charge in [-0.15, -0.1) is 16.4 Å². The number of aromatic amines is 1. The summed E-state index contributed by atoms with van der Waals surface area (Å²) in [5, 5.41) is 11.5. The van der Waals surface area contributed by atoms with E-state index in [1.165, 1.54) is 0 Å². The highest BCUT2D eigenvalue weighted by Crippen LogP contribution is 2.17. The molecule has 0 saturated carbocycles. The van der Waals surface area contributed by atoms with E-state index in [-0.39, 0.29) is 17.1 Å².